The summed E-state index contributed by atoms with van der Waals surface area (Å²) in [5.74, 6) is -1.77. The van der Waals surface area contributed by atoms with Crippen molar-refractivity contribution in [3.63, 3.8) is 0 Å². The van der Waals surface area contributed by atoms with E-state index in [1.165, 1.54) is 10.5 Å². The molecule has 1 saturated carbocycles. The van der Waals surface area contributed by atoms with Crippen LogP contribution in [0.25, 0.3) is 5.57 Å². The van der Waals surface area contributed by atoms with Gasteiger partial charge in [-0.3, -0.25) is 9.59 Å². The molecule has 3 aliphatic rings. The van der Waals surface area contributed by atoms with Crippen LogP contribution in [0.2, 0.25) is 0 Å². The normalized spacial score (nSPS) is 25.6. The molecule has 32 heavy (non-hydrogen) atoms. The molecule has 5 rings (SSSR count). The van der Waals surface area contributed by atoms with Gasteiger partial charge in [0, 0.05) is 11.8 Å². The van der Waals surface area contributed by atoms with E-state index in [0.717, 1.165) is 11.1 Å². The number of hydrogen-bond donors (Lipinski definition) is 0. The number of imide groups is 1. The number of rotatable bonds is 4. The summed E-state index contributed by atoms with van der Waals surface area (Å²) in [6, 6.07) is 16.7. The highest BCUT2D eigenvalue weighted by atomic mass is 16.5. The minimum atomic E-state index is -0.466. The molecular weight excluding hydrogens is 402 g/mol. The van der Waals surface area contributed by atoms with Gasteiger partial charge in [-0.1, -0.05) is 54.1 Å². The SMILES string of the molecule is CC(=C1[C@H]2C=C[C@H]1[C@H]1C(=O)N(c3cccc(C(=O)OC(C)C)c3)C(=O)[C@@H]12)c1ccccc1. The number of benzene rings is 2. The van der Waals surface area contributed by atoms with Crippen LogP contribution in [0.4, 0.5) is 5.69 Å². The van der Waals surface area contributed by atoms with Crippen molar-refractivity contribution < 1.29 is 19.1 Å². The number of carbonyl (C=O) groups is 3. The maximum atomic E-state index is 13.5. The van der Waals surface area contributed by atoms with Gasteiger partial charge < -0.3 is 4.74 Å². The number of esters is 1. The van der Waals surface area contributed by atoms with E-state index in [-0.39, 0.29) is 29.8 Å². The number of hydrogen-bond acceptors (Lipinski definition) is 4. The second-order valence-electron chi connectivity index (χ2n) is 8.95. The zero-order valence-corrected chi connectivity index (χ0v) is 18.3. The van der Waals surface area contributed by atoms with E-state index >= 15 is 0 Å². The molecule has 0 spiro atoms. The van der Waals surface area contributed by atoms with Crippen LogP contribution in [-0.2, 0) is 14.3 Å². The molecule has 1 aliphatic heterocycles. The summed E-state index contributed by atoms with van der Waals surface area (Å²) in [7, 11) is 0. The maximum Gasteiger partial charge on any atom is 0.338 e. The van der Waals surface area contributed by atoms with Gasteiger partial charge in [0.05, 0.1) is 29.2 Å². The van der Waals surface area contributed by atoms with Gasteiger partial charge >= 0.3 is 5.97 Å². The Morgan fingerprint density at radius 3 is 2.06 bits per heavy atom. The quantitative estimate of drug-likeness (QED) is 0.405. The van der Waals surface area contributed by atoms with E-state index in [2.05, 4.69) is 31.2 Å². The maximum absolute atomic E-state index is 13.5. The van der Waals surface area contributed by atoms with Crippen LogP contribution in [0, 0.1) is 23.7 Å². The predicted molar refractivity (Wildman–Crippen MR) is 122 cm³/mol. The summed E-state index contributed by atoms with van der Waals surface area (Å²) in [4.78, 5) is 40.6. The molecule has 2 aliphatic carbocycles. The van der Waals surface area contributed by atoms with Crippen LogP contribution >= 0.6 is 0 Å². The Morgan fingerprint density at radius 1 is 0.875 bits per heavy atom. The Kier molecular flexibility index (Phi) is 4.85. The zero-order chi connectivity index (χ0) is 22.6. The first-order valence-corrected chi connectivity index (χ1v) is 11.0. The third kappa shape index (κ3) is 3.03. The van der Waals surface area contributed by atoms with E-state index < -0.39 is 17.8 Å². The second kappa shape index (κ2) is 7.59. The van der Waals surface area contributed by atoms with Gasteiger partial charge in [0.1, 0.15) is 0 Å². The van der Waals surface area contributed by atoms with Gasteiger partial charge in [-0.15, -0.1) is 0 Å². The number of ether oxygens (including phenoxy) is 1. The number of anilines is 1. The summed E-state index contributed by atoms with van der Waals surface area (Å²) in [5, 5.41) is 0. The smallest absolute Gasteiger partial charge is 0.338 e. The first-order valence-electron chi connectivity index (χ1n) is 11.0. The van der Waals surface area contributed by atoms with Crippen molar-refractivity contribution in [2.24, 2.45) is 23.7 Å². The molecular formula is C27H25NO4. The average Bonchev–Trinajstić information content (AvgIpc) is 3.43. The monoisotopic (exact) mass is 427 g/mol. The van der Waals surface area contributed by atoms with Crippen LogP contribution in [-0.4, -0.2) is 23.9 Å². The molecule has 0 radical (unpaired) electrons. The fraction of sp³-hybridized carbons (Fsp3) is 0.296. The number of allylic oxidation sites excluding steroid dienone is 4. The Bertz CT molecular complexity index is 1140. The summed E-state index contributed by atoms with van der Waals surface area (Å²) < 4.78 is 5.27. The lowest BCUT2D eigenvalue weighted by Gasteiger charge is -2.20. The third-order valence-corrected chi connectivity index (χ3v) is 6.74. The molecule has 5 heteroatoms. The van der Waals surface area contributed by atoms with Crippen molar-refractivity contribution in [3.05, 3.63) is 83.4 Å². The molecule has 2 bridgehead atoms. The molecule has 2 aromatic carbocycles. The van der Waals surface area contributed by atoms with Crippen molar-refractivity contribution in [3.8, 4) is 0 Å². The van der Waals surface area contributed by atoms with Gasteiger partial charge in [0.15, 0.2) is 0 Å². The fourth-order valence-corrected chi connectivity index (χ4v) is 5.43. The van der Waals surface area contributed by atoms with Crippen molar-refractivity contribution in [1.82, 2.24) is 0 Å². The minimum absolute atomic E-state index is 0.0688. The lowest BCUT2D eigenvalue weighted by atomic mass is 9.85. The standard InChI is InChI=1S/C27H25NO4/c1-15(2)32-27(31)18-10-7-11-19(14-18)28-25(29)23-20-12-13-21(24(23)26(28)30)22(20)16(3)17-8-5-4-6-9-17/h4-15,20-21,23-24H,1-3H3/t20-,21-,23-,24-/m1/s1. The van der Waals surface area contributed by atoms with Crippen LogP contribution in [0.15, 0.2) is 72.3 Å². The molecule has 2 amide bonds. The molecule has 2 aromatic rings. The highest BCUT2D eigenvalue weighted by Gasteiger charge is 2.62. The molecule has 5 nitrogen and oxygen atoms in total. The van der Waals surface area contributed by atoms with Crippen LogP contribution in [0.5, 0.6) is 0 Å². The number of nitrogens with zero attached hydrogens (tertiary/aromatic N) is 1. The highest BCUT2D eigenvalue weighted by molar-refractivity contribution is 6.23. The van der Waals surface area contributed by atoms with Crippen LogP contribution in [0.1, 0.15) is 36.7 Å². The third-order valence-electron chi connectivity index (χ3n) is 6.74. The summed E-state index contributed by atoms with van der Waals surface area (Å²) >= 11 is 0. The van der Waals surface area contributed by atoms with Gasteiger partial charge in [0.25, 0.3) is 0 Å². The van der Waals surface area contributed by atoms with E-state index in [9.17, 15) is 14.4 Å². The fourth-order valence-electron chi connectivity index (χ4n) is 5.43. The minimum Gasteiger partial charge on any atom is -0.459 e. The second-order valence-corrected chi connectivity index (χ2v) is 8.95. The van der Waals surface area contributed by atoms with E-state index in [0.29, 0.717) is 11.3 Å². The first-order chi connectivity index (χ1) is 15.4. The van der Waals surface area contributed by atoms with Crippen LogP contribution < -0.4 is 4.90 Å². The van der Waals surface area contributed by atoms with Crippen molar-refractivity contribution in [2.45, 2.75) is 26.9 Å². The summed E-state index contributed by atoms with van der Waals surface area (Å²) in [6.07, 6.45) is 3.91. The Hall–Kier alpha value is -3.47. The highest BCUT2D eigenvalue weighted by Crippen LogP contribution is 2.58. The molecule has 2 fully saturated rings. The zero-order valence-electron chi connectivity index (χ0n) is 18.3. The molecule has 4 atom stereocenters. The summed E-state index contributed by atoms with van der Waals surface area (Å²) in [6.45, 7) is 5.64. The van der Waals surface area contributed by atoms with Crippen molar-refractivity contribution in [1.29, 1.82) is 0 Å². The lowest BCUT2D eigenvalue weighted by molar-refractivity contribution is -0.122. The van der Waals surface area contributed by atoms with E-state index in [1.54, 1.807) is 38.1 Å². The molecule has 1 heterocycles. The Morgan fingerprint density at radius 2 is 1.47 bits per heavy atom. The predicted octanol–water partition coefficient (Wildman–Crippen LogP) is 4.65. The van der Waals surface area contributed by atoms with Crippen LogP contribution in [0.3, 0.4) is 0 Å². The van der Waals surface area contributed by atoms with Gasteiger partial charge in [0.2, 0.25) is 11.8 Å². The topological polar surface area (TPSA) is 63.7 Å². The van der Waals surface area contributed by atoms with E-state index in [1.807, 2.05) is 18.2 Å². The number of amides is 2. The van der Waals surface area contributed by atoms with Crippen molar-refractivity contribution in [2.75, 3.05) is 4.90 Å². The Balaban J connectivity index is 1.48. The molecule has 0 unspecified atom stereocenters. The lowest BCUT2D eigenvalue weighted by Crippen LogP contribution is -2.33. The molecule has 1 saturated heterocycles. The summed E-state index contributed by atoms with van der Waals surface area (Å²) in [5.41, 5.74) is 4.20. The molecule has 0 N–H and O–H groups in total. The van der Waals surface area contributed by atoms with E-state index in [4.69, 9.17) is 4.74 Å². The van der Waals surface area contributed by atoms with Gasteiger partial charge in [-0.2, -0.15) is 0 Å². The average molecular weight is 428 g/mol. The first kappa shape index (κ1) is 20.4. The molecule has 162 valence electrons. The Labute approximate surface area is 187 Å². The van der Waals surface area contributed by atoms with Crippen molar-refractivity contribution >= 4 is 29.0 Å². The van der Waals surface area contributed by atoms with Gasteiger partial charge in [-0.25, -0.2) is 9.69 Å². The van der Waals surface area contributed by atoms with Gasteiger partial charge in [-0.05, 0) is 50.1 Å². The molecule has 0 aromatic heterocycles. The number of carbonyl (C=O) groups excluding carboxylic acids is 3. The largest absolute Gasteiger partial charge is 0.459 e. The number of fused-ring (bicyclic) bond motifs is 5.